The number of amides is 1. The largest absolute Gasteiger partial charge is 0.495 e. The van der Waals surface area contributed by atoms with Gasteiger partial charge in [0.1, 0.15) is 27.9 Å². The fourth-order valence-corrected chi connectivity index (χ4v) is 7.00. The molecule has 1 saturated carbocycles. The fourth-order valence-electron chi connectivity index (χ4n) is 5.76. The molecule has 1 aromatic heterocycles. The fraction of sp³-hybridized carbons (Fsp3) is 0.478. The van der Waals surface area contributed by atoms with Crippen molar-refractivity contribution in [3.05, 3.63) is 44.1 Å². The van der Waals surface area contributed by atoms with Gasteiger partial charge in [0.15, 0.2) is 0 Å². The molecule has 164 valence electrons. The van der Waals surface area contributed by atoms with Crippen molar-refractivity contribution in [1.29, 1.82) is 0 Å². The van der Waals surface area contributed by atoms with E-state index in [2.05, 4.69) is 22.9 Å². The van der Waals surface area contributed by atoms with Crippen molar-refractivity contribution >= 4 is 39.0 Å². The first-order valence-electron chi connectivity index (χ1n) is 10.4. The molecule has 1 fully saturated rings. The Bertz CT molecular complexity index is 1050. The van der Waals surface area contributed by atoms with Crippen molar-refractivity contribution in [2.24, 2.45) is 5.92 Å². The van der Waals surface area contributed by atoms with Gasteiger partial charge in [-0.1, -0.05) is 13.0 Å². The monoisotopic (exact) mass is 505 g/mol. The second-order valence-electron chi connectivity index (χ2n) is 8.70. The molecule has 3 heterocycles. The normalized spacial score (nSPS) is 29.1. The average Bonchev–Trinajstić information content (AvgIpc) is 3.36. The number of benzene rings is 1. The number of rotatable bonds is 3. The number of carbonyl (C=O) groups is 2. The summed E-state index contributed by atoms with van der Waals surface area (Å²) in [5, 5.41) is 12.3. The highest BCUT2D eigenvalue weighted by Crippen LogP contribution is 2.60. The van der Waals surface area contributed by atoms with Gasteiger partial charge in [-0.2, -0.15) is 0 Å². The van der Waals surface area contributed by atoms with E-state index in [1.165, 1.54) is 11.3 Å². The van der Waals surface area contributed by atoms with Crippen LogP contribution in [0.15, 0.2) is 28.1 Å². The Kier molecular flexibility index (Phi) is 5.14. The van der Waals surface area contributed by atoms with Crippen LogP contribution in [0.5, 0.6) is 11.5 Å². The summed E-state index contributed by atoms with van der Waals surface area (Å²) in [4.78, 5) is 28.3. The van der Waals surface area contributed by atoms with Crippen LogP contribution in [-0.2, 0) is 16.8 Å². The van der Waals surface area contributed by atoms with Crippen LogP contribution in [0.1, 0.15) is 47.0 Å². The number of carbonyl (C=O) groups excluding carboxylic acids is 2. The number of hydrogen-bond donors (Lipinski definition) is 1. The molecule has 1 amide bonds. The lowest BCUT2D eigenvalue weighted by atomic mass is 9.59. The van der Waals surface area contributed by atoms with Crippen LogP contribution >= 0.6 is 27.3 Å². The molecule has 0 saturated heterocycles. The number of Topliss-reactive ketones (excluding diaryl/α,β-unsaturated/α-hetero) is 1. The molecule has 31 heavy (non-hydrogen) atoms. The van der Waals surface area contributed by atoms with Crippen molar-refractivity contribution in [1.82, 2.24) is 4.90 Å². The maximum absolute atomic E-state index is 13.4. The zero-order valence-electron chi connectivity index (χ0n) is 17.4. The zero-order valence-corrected chi connectivity index (χ0v) is 19.8. The lowest BCUT2D eigenvalue weighted by molar-refractivity contribution is -0.127. The third kappa shape index (κ3) is 2.98. The molecule has 8 heteroatoms. The van der Waals surface area contributed by atoms with E-state index in [-0.39, 0.29) is 36.4 Å². The van der Waals surface area contributed by atoms with Crippen molar-refractivity contribution in [2.45, 2.75) is 50.3 Å². The molecule has 4 atom stereocenters. The first-order chi connectivity index (χ1) is 14.9. The Balaban J connectivity index is 1.72. The Morgan fingerprint density at radius 3 is 2.94 bits per heavy atom. The van der Waals surface area contributed by atoms with E-state index >= 15 is 0 Å². The number of ether oxygens (including phenoxy) is 2. The van der Waals surface area contributed by atoms with Gasteiger partial charge in [0.05, 0.1) is 24.6 Å². The van der Waals surface area contributed by atoms with Crippen LogP contribution < -0.4 is 9.47 Å². The summed E-state index contributed by atoms with van der Waals surface area (Å²) in [6, 6.07) is 5.27. The lowest BCUT2D eigenvalue weighted by Gasteiger charge is -2.44. The summed E-state index contributed by atoms with van der Waals surface area (Å²) >= 11 is 5.04. The first kappa shape index (κ1) is 21.0. The van der Waals surface area contributed by atoms with Gasteiger partial charge < -0.3 is 19.5 Å². The molecule has 3 aliphatic rings. The van der Waals surface area contributed by atoms with E-state index in [1.54, 1.807) is 12.0 Å². The van der Waals surface area contributed by atoms with Crippen LogP contribution in [-0.4, -0.2) is 47.6 Å². The molecule has 5 rings (SSSR count). The second kappa shape index (κ2) is 7.60. The van der Waals surface area contributed by atoms with Crippen molar-refractivity contribution in [2.75, 3.05) is 13.7 Å². The van der Waals surface area contributed by atoms with Gasteiger partial charge in [-0.05, 0) is 51.3 Å². The highest BCUT2D eigenvalue weighted by atomic mass is 79.9. The number of ketones is 1. The SMILES string of the molecule is COc1cc2c3c(c1Br)O[C@@H]1CC(=O)C[C@@H](C)[C@]31C[C@@H](CO)N(C(=O)c1cccs1)C2. The van der Waals surface area contributed by atoms with Crippen molar-refractivity contribution in [3.8, 4) is 11.5 Å². The maximum atomic E-state index is 13.4. The molecule has 1 N–H and O–H groups in total. The summed E-state index contributed by atoms with van der Waals surface area (Å²) in [6.07, 6.45) is 1.05. The number of halogens is 1. The molecular weight excluding hydrogens is 482 g/mol. The van der Waals surface area contributed by atoms with Crippen LogP contribution in [0.3, 0.4) is 0 Å². The van der Waals surface area contributed by atoms with Crippen LogP contribution in [0.25, 0.3) is 0 Å². The summed E-state index contributed by atoms with van der Waals surface area (Å²) in [5.41, 5.74) is 1.58. The van der Waals surface area contributed by atoms with Crippen LogP contribution in [0.4, 0.5) is 0 Å². The van der Waals surface area contributed by atoms with Gasteiger partial charge in [-0.3, -0.25) is 9.59 Å². The van der Waals surface area contributed by atoms with E-state index in [1.807, 2.05) is 23.6 Å². The summed E-state index contributed by atoms with van der Waals surface area (Å²) in [6.45, 7) is 2.30. The van der Waals surface area contributed by atoms with Gasteiger partial charge in [-0.15, -0.1) is 11.3 Å². The third-order valence-electron chi connectivity index (χ3n) is 7.17. The van der Waals surface area contributed by atoms with Crippen LogP contribution in [0, 0.1) is 5.92 Å². The standard InChI is InChI=1S/C23H24BrNO5S/c1-12-6-15(27)8-18-23(12)9-14(11-26)25(22(28)17-4-3-5-31-17)10-13-7-16(29-2)20(24)21(30-18)19(13)23/h3-5,7,12,14,18,26H,6,8-11H2,1-2H3/t12-,14+,18-,23+/m1/s1. The molecule has 0 bridgehead atoms. The molecule has 1 spiro atoms. The summed E-state index contributed by atoms with van der Waals surface area (Å²) in [5.74, 6) is 1.48. The van der Waals surface area contributed by atoms with E-state index < -0.39 is 5.41 Å². The number of hydrogen-bond acceptors (Lipinski definition) is 6. The zero-order chi connectivity index (χ0) is 21.9. The molecule has 6 nitrogen and oxygen atoms in total. The number of methoxy groups -OCH3 is 1. The lowest BCUT2D eigenvalue weighted by Crippen LogP contribution is -2.53. The number of aliphatic hydroxyl groups excluding tert-OH is 1. The molecule has 2 aliphatic heterocycles. The van der Waals surface area contributed by atoms with Gasteiger partial charge in [0, 0.05) is 30.4 Å². The summed E-state index contributed by atoms with van der Waals surface area (Å²) < 4.78 is 12.8. The molecule has 1 aliphatic carbocycles. The molecule has 0 radical (unpaired) electrons. The number of thiophene rings is 1. The Hall–Kier alpha value is -1.90. The number of aliphatic hydroxyl groups is 1. The van der Waals surface area contributed by atoms with Crippen LogP contribution in [0.2, 0.25) is 0 Å². The number of nitrogens with zero attached hydrogens (tertiary/aromatic N) is 1. The predicted molar refractivity (Wildman–Crippen MR) is 120 cm³/mol. The smallest absolute Gasteiger partial charge is 0.264 e. The van der Waals surface area contributed by atoms with Gasteiger partial charge in [0.2, 0.25) is 0 Å². The molecule has 2 aromatic rings. The minimum Gasteiger partial charge on any atom is -0.495 e. The Morgan fingerprint density at radius 2 is 2.26 bits per heavy atom. The minimum absolute atomic E-state index is 0.0323. The second-order valence-corrected chi connectivity index (χ2v) is 10.4. The van der Waals surface area contributed by atoms with Crippen molar-refractivity contribution < 1.29 is 24.2 Å². The van der Waals surface area contributed by atoms with Gasteiger partial charge >= 0.3 is 0 Å². The van der Waals surface area contributed by atoms with E-state index in [0.29, 0.717) is 42.2 Å². The summed E-state index contributed by atoms with van der Waals surface area (Å²) in [7, 11) is 1.60. The minimum atomic E-state index is -0.439. The topological polar surface area (TPSA) is 76.1 Å². The third-order valence-corrected chi connectivity index (χ3v) is 8.78. The Labute approximate surface area is 193 Å². The maximum Gasteiger partial charge on any atom is 0.264 e. The Morgan fingerprint density at radius 1 is 1.45 bits per heavy atom. The van der Waals surface area contributed by atoms with Gasteiger partial charge in [0.25, 0.3) is 5.91 Å². The molecule has 1 aromatic carbocycles. The van der Waals surface area contributed by atoms with E-state index in [9.17, 15) is 14.7 Å². The van der Waals surface area contributed by atoms with Crippen molar-refractivity contribution in [3.63, 3.8) is 0 Å². The van der Waals surface area contributed by atoms with E-state index in [4.69, 9.17) is 9.47 Å². The average molecular weight is 506 g/mol. The quantitative estimate of drug-likeness (QED) is 0.683. The first-order valence-corrected chi connectivity index (χ1v) is 12.1. The van der Waals surface area contributed by atoms with Gasteiger partial charge in [-0.25, -0.2) is 0 Å². The van der Waals surface area contributed by atoms with E-state index in [0.717, 1.165) is 15.6 Å². The highest BCUT2D eigenvalue weighted by Gasteiger charge is 2.60. The highest BCUT2D eigenvalue weighted by molar-refractivity contribution is 9.10. The molecular formula is C23H24BrNO5S. The molecule has 0 unspecified atom stereocenters. The predicted octanol–water partition coefficient (Wildman–Crippen LogP) is 3.92.